The summed E-state index contributed by atoms with van der Waals surface area (Å²) in [5.74, 6) is 2.40. The van der Waals surface area contributed by atoms with E-state index in [0.717, 1.165) is 52.8 Å². The molecule has 7 nitrogen and oxygen atoms in total. The highest BCUT2D eigenvalue weighted by Crippen LogP contribution is 2.36. The van der Waals surface area contributed by atoms with Crippen molar-refractivity contribution in [2.75, 3.05) is 18.7 Å². The average molecular weight is 359 g/mol. The SMILES string of the molecule is c1ccc(CCNc2ccnc3c(-c4ccc5c(c4)OCO5)cnn23)nc1. The molecule has 1 aromatic carbocycles. The molecule has 5 rings (SSSR count). The summed E-state index contributed by atoms with van der Waals surface area (Å²) in [4.78, 5) is 8.86. The molecule has 27 heavy (non-hydrogen) atoms. The molecule has 4 heterocycles. The Morgan fingerprint density at radius 2 is 1.96 bits per heavy atom. The lowest BCUT2D eigenvalue weighted by molar-refractivity contribution is 0.174. The van der Waals surface area contributed by atoms with Crippen LogP contribution in [0.5, 0.6) is 11.5 Å². The van der Waals surface area contributed by atoms with Crippen LogP contribution in [0.1, 0.15) is 5.69 Å². The summed E-state index contributed by atoms with van der Waals surface area (Å²) in [5, 5.41) is 7.94. The maximum atomic E-state index is 5.48. The molecular formula is C20H17N5O2. The maximum Gasteiger partial charge on any atom is 0.231 e. The highest BCUT2D eigenvalue weighted by Gasteiger charge is 2.16. The molecule has 0 spiro atoms. The van der Waals surface area contributed by atoms with Crippen molar-refractivity contribution in [1.29, 1.82) is 0 Å². The van der Waals surface area contributed by atoms with Gasteiger partial charge in [-0.1, -0.05) is 12.1 Å². The first-order valence-corrected chi connectivity index (χ1v) is 8.75. The van der Waals surface area contributed by atoms with Crippen molar-refractivity contribution in [2.45, 2.75) is 6.42 Å². The first-order valence-electron chi connectivity index (χ1n) is 8.75. The van der Waals surface area contributed by atoms with Gasteiger partial charge in [0, 0.05) is 36.6 Å². The number of hydrogen-bond donors (Lipinski definition) is 1. The molecule has 1 aliphatic heterocycles. The smallest absolute Gasteiger partial charge is 0.231 e. The lowest BCUT2D eigenvalue weighted by Crippen LogP contribution is -2.09. The van der Waals surface area contributed by atoms with Gasteiger partial charge in [0.15, 0.2) is 17.1 Å². The van der Waals surface area contributed by atoms with E-state index >= 15 is 0 Å². The fourth-order valence-corrected chi connectivity index (χ4v) is 3.16. The van der Waals surface area contributed by atoms with E-state index in [9.17, 15) is 0 Å². The lowest BCUT2D eigenvalue weighted by Gasteiger charge is -2.08. The molecule has 0 aliphatic carbocycles. The topological polar surface area (TPSA) is 73.6 Å². The van der Waals surface area contributed by atoms with Gasteiger partial charge in [0.1, 0.15) is 5.82 Å². The summed E-state index contributed by atoms with van der Waals surface area (Å²) >= 11 is 0. The summed E-state index contributed by atoms with van der Waals surface area (Å²) in [5.41, 5.74) is 3.78. The fraction of sp³-hybridized carbons (Fsp3) is 0.150. The zero-order valence-corrected chi connectivity index (χ0v) is 14.5. The van der Waals surface area contributed by atoms with Crippen LogP contribution in [-0.2, 0) is 6.42 Å². The molecule has 7 heteroatoms. The molecule has 1 aliphatic rings. The van der Waals surface area contributed by atoms with Gasteiger partial charge in [0.25, 0.3) is 0 Å². The number of benzene rings is 1. The Bertz CT molecular complexity index is 1090. The number of anilines is 1. The van der Waals surface area contributed by atoms with Crippen molar-refractivity contribution in [3.05, 3.63) is 66.7 Å². The third-order valence-electron chi connectivity index (χ3n) is 4.50. The molecule has 0 unspecified atom stereocenters. The number of fused-ring (bicyclic) bond motifs is 2. The first-order chi connectivity index (χ1) is 13.4. The summed E-state index contributed by atoms with van der Waals surface area (Å²) in [6.45, 7) is 1.02. The van der Waals surface area contributed by atoms with Gasteiger partial charge in [-0.05, 0) is 35.9 Å². The summed E-state index contributed by atoms with van der Waals surface area (Å²) < 4.78 is 12.7. The van der Waals surface area contributed by atoms with Crippen LogP contribution < -0.4 is 14.8 Å². The van der Waals surface area contributed by atoms with Gasteiger partial charge in [-0.3, -0.25) is 4.98 Å². The van der Waals surface area contributed by atoms with Crippen LogP contribution in [0.2, 0.25) is 0 Å². The van der Waals surface area contributed by atoms with Gasteiger partial charge in [0.2, 0.25) is 6.79 Å². The molecule has 0 saturated heterocycles. The monoisotopic (exact) mass is 359 g/mol. The number of rotatable bonds is 5. The minimum Gasteiger partial charge on any atom is -0.454 e. The second-order valence-corrected chi connectivity index (χ2v) is 6.19. The summed E-state index contributed by atoms with van der Waals surface area (Å²) in [7, 11) is 0. The van der Waals surface area contributed by atoms with Crippen LogP contribution in [0.4, 0.5) is 5.82 Å². The predicted octanol–water partition coefficient (Wildman–Crippen LogP) is 3.17. The molecule has 0 atom stereocenters. The third-order valence-corrected chi connectivity index (χ3v) is 4.50. The van der Waals surface area contributed by atoms with Gasteiger partial charge >= 0.3 is 0 Å². The number of ether oxygens (including phenoxy) is 2. The van der Waals surface area contributed by atoms with Crippen molar-refractivity contribution in [2.24, 2.45) is 0 Å². The summed E-state index contributed by atoms with van der Waals surface area (Å²) in [6, 6.07) is 13.7. The molecule has 4 aromatic rings. The first kappa shape index (κ1) is 15.6. The minimum atomic E-state index is 0.260. The second-order valence-electron chi connectivity index (χ2n) is 6.19. The van der Waals surface area contributed by atoms with Gasteiger partial charge < -0.3 is 14.8 Å². The molecule has 0 fully saturated rings. The van der Waals surface area contributed by atoms with Gasteiger partial charge in [-0.2, -0.15) is 9.61 Å². The van der Waals surface area contributed by atoms with E-state index in [2.05, 4.69) is 20.4 Å². The van der Waals surface area contributed by atoms with Gasteiger partial charge in [0.05, 0.1) is 6.20 Å². The van der Waals surface area contributed by atoms with E-state index in [0.29, 0.717) is 0 Å². The van der Waals surface area contributed by atoms with Crippen LogP contribution in [0.15, 0.2) is 61.1 Å². The van der Waals surface area contributed by atoms with E-state index < -0.39 is 0 Å². The molecular weight excluding hydrogens is 342 g/mol. The van der Waals surface area contributed by atoms with Gasteiger partial charge in [-0.15, -0.1) is 0 Å². The van der Waals surface area contributed by atoms with E-state index in [-0.39, 0.29) is 6.79 Å². The molecule has 0 radical (unpaired) electrons. The van der Waals surface area contributed by atoms with Crippen LogP contribution in [0.25, 0.3) is 16.8 Å². The number of pyridine rings is 1. The second kappa shape index (κ2) is 6.60. The molecule has 1 N–H and O–H groups in total. The standard InChI is InChI=1S/C20H17N5O2/c1-2-8-21-15(3-1)6-9-22-19-7-10-23-20-16(12-24-25(19)20)14-4-5-17-18(11-14)27-13-26-17/h1-5,7-8,10-12,22H,6,9,13H2. The van der Waals surface area contributed by atoms with Crippen LogP contribution in [0, 0.1) is 0 Å². The Kier molecular flexibility index (Phi) is 3.82. The normalized spacial score (nSPS) is 12.4. The molecule has 0 amide bonds. The van der Waals surface area contributed by atoms with Crippen LogP contribution in [-0.4, -0.2) is 32.9 Å². The highest BCUT2D eigenvalue weighted by molar-refractivity contribution is 5.79. The number of nitrogens with zero attached hydrogens (tertiary/aromatic N) is 4. The average Bonchev–Trinajstić information content (AvgIpc) is 3.35. The minimum absolute atomic E-state index is 0.260. The number of aromatic nitrogens is 4. The molecule has 3 aromatic heterocycles. The van der Waals surface area contributed by atoms with Crippen molar-refractivity contribution in [1.82, 2.24) is 19.6 Å². The predicted molar refractivity (Wildman–Crippen MR) is 101 cm³/mol. The Hall–Kier alpha value is -3.61. The highest BCUT2D eigenvalue weighted by atomic mass is 16.7. The van der Waals surface area contributed by atoms with Crippen molar-refractivity contribution < 1.29 is 9.47 Å². The van der Waals surface area contributed by atoms with Crippen LogP contribution >= 0.6 is 0 Å². The van der Waals surface area contributed by atoms with Crippen LogP contribution in [0.3, 0.4) is 0 Å². The Labute approximate surface area is 155 Å². The van der Waals surface area contributed by atoms with E-state index in [4.69, 9.17) is 9.47 Å². The largest absolute Gasteiger partial charge is 0.454 e. The Morgan fingerprint density at radius 3 is 2.89 bits per heavy atom. The Morgan fingerprint density at radius 1 is 1.00 bits per heavy atom. The maximum absolute atomic E-state index is 5.48. The number of nitrogens with one attached hydrogen (secondary N) is 1. The van der Waals surface area contributed by atoms with E-state index in [1.54, 1.807) is 6.20 Å². The van der Waals surface area contributed by atoms with Crippen molar-refractivity contribution >= 4 is 11.5 Å². The lowest BCUT2D eigenvalue weighted by atomic mass is 10.1. The zero-order chi connectivity index (χ0) is 18.1. The molecule has 0 saturated carbocycles. The fourth-order valence-electron chi connectivity index (χ4n) is 3.16. The van der Waals surface area contributed by atoms with E-state index in [1.807, 2.05) is 59.4 Å². The molecule has 0 bridgehead atoms. The van der Waals surface area contributed by atoms with Crippen molar-refractivity contribution in [3.8, 4) is 22.6 Å². The van der Waals surface area contributed by atoms with E-state index in [1.165, 1.54) is 0 Å². The van der Waals surface area contributed by atoms with Gasteiger partial charge in [-0.25, -0.2) is 4.98 Å². The Balaban J connectivity index is 1.41. The third kappa shape index (κ3) is 2.93. The quantitative estimate of drug-likeness (QED) is 0.590. The molecule has 134 valence electrons. The van der Waals surface area contributed by atoms with Crippen molar-refractivity contribution in [3.63, 3.8) is 0 Å². The number of hydrogen-bond acceptors (Lipinski definition) is 6. The summed E-state index contributed by atoms with van der Waals surface area (Å²) in [6.07, 6.45) is 6.26. The zero-order valence-electron chi connectivity index (χ0n) is 14.5.